The molecule has 0 spiro atoms. The second kappa shape index (κ2) is 6.93. The fraction of sp³-hybridized carbons (Fsp3) is 0.0667. The maximum absolute atomic E-state index is 11.8. The predicted molar refractivity (Wildman–Crippen MR) is 82.0 cm³/mol. The number of rotatable bonds is 5. The van der Waals surface area contributed by atoms with Gasteiger partial charge in [0.1, 0.15) is 0 Å². The van der Waals surface area contributed by atoms with Crippen molar-refractivity contribution in [3.05, 3.63) is 63.7 Å². The Morgan fingerprint density at radius 2 is 1.83 bits per heavy atom. The molecular weight excluding hydrogens is 322 g/mol. The second-order valence-electron chi connectivity index (χ2n) is 4.36. The average molecular weight is 333 g/mol. The SMILES string of the molecule is COC(=O)c1cc(C(=O)O)ccc1Sc1ccc([N+](=O)[O-])cc1. The Labute approximate surface area is 135 Å². The van der Waals surface area contributed by atoms with Crippen molar-refractivity contribution in [2.75, 3.05) is 7.11 Å². The number of nitro benzene ring substituents is 1. The number of non-ortho nitro benzene ring substituents is 1. The number of ether oxygens (including phenoxy) is 1. The van der Waals surface area contributed by atoms with Gasteiger partial charge in [0.05, 0.1) is 23.2 Å². The molecule has 2 rings (SSSR count). The summed E-state index contributed by atoms with van der Waals surface area (Å²) >= 11 is 1.18. The first kappa shape index (κ1) is 16.5. The van der Waals surface area contributed by atoms with E-state index >= 15 is 0 Å². The van der Waals surface area contributed by atoms with Crippen molar-refractivity contribution in [3.8, 4) is 0 Å². The molecule has 118 valence electrons. The number of carboxylic acid groups (broad SMARTS) is 1. The molecule has 0 amide bonds. The number of hydrogen-bond donors (Lipinski definition) is 1. The van der Waals surface area contributed by atoms with Gasteiger partial charge in [0.25, 0.3) is 5.69 Å². The fourth-order valence-corrected chi connectivity index (χ4v) is 2.70. The van der Waals surface area contributed by atoms with Gasteiger partial charge in [0.15, 0.2) is 0 Å². The monoisotopic (exact) mass is 333 g/mol. The standard InChI is InChI=1S/C15H11NO6S/c1-22-15(19)12-8-9(14(17)18)2-7-13(12)23-11-5-3-10(4-6-11)16(20)21/h2-8H,1H3,(H,17,18). The number of aromatic carboxylic acids is 1. The van der Waals surface area contributed by atoms with Gasteiger partial charge in [-0.05, 0) is 30.3 Å². The van der Waals surface area contributed by atoms with Crippen LogP contribution in [0.15, 0.2) is 52.3 Å². The van der Waals surface area contributed by atoms with Gasteiger partial charge in [0, 0.05) is 21.9 Å². The highest BCUT2D eigenvalue weighted by Crippen LogP contribution is 2.32. The lowest BCUT2D eigenvalue weighted by atomic mass is 10.1. The minimum Gasteiger partial charge on any atom is -0.478 e. The van der Waals surface area contributed by atoms with Crippen LogP contribution in [0.1, 0.15) is 20.7 Å². The number of nitro groups is 1. The van der Waals surface area contributed by atoms with Crippen LogP contribution in [0.2, 0.25) is 0 Å². The maximum Gasteiger partial charge on any atom is 0.339 e. The van der Waals surface area contributed by atoms with Crippen LogP contribution in [0.25, 0.3) is 0 Å². The lowest BCUT2D eigenvalue weighted by Gasteiger charge is -2.08. The smallest absolute Gasteiger partial charge is 0.339 e. The van der Waals surface area contributed by atoms with Gasteiger partial charge in [-0.15, -0.1) is 0 Å². The number of esters is 1. The van der Waals surface area contributed by atoms with E-state index in [2.05, 4.69) is 4.74 Å². The molecule has 2 aromatic rings. The molecule has 0 aliphatic rings. The van der Waals surface area contributed by atoms with E-state index in [-0.39, 0.29) is 16.8 Å². The van der Waals surface area contributed by atoms with Crippen LogP contribution in [0.5, 0.6) is 0 Å². The number of carbonyl (C=O) groups is 2. The third kappa shape index (κ3) is 3.86. The molecular formula is C15H11NO6S. The lowest BCUT2D eigenvalue weighted by Crippen LogP contribution is -2.06. The van der Waals surface area contributed by atoms with Crippen molar-refractivity contribution < 1.29 is 24.4 Å². The molecule has 1 N–H and O–H groups in total. The van der Waals surface area contributed by atoms with Crippen molar-refractivity contribution in [2.45, 2.75) is 9.79 Å². The Bertz CT molecular complexity index is 772. The van der Waals surface area contributed by atoms with Gasteiger partial charge in [-0.25, -0.2) is 9.59 Å². The molecule has 0 heterocycles. The highest BCUT2D eigenvalue weighted by atomic mass is 32.2. The summed E-state index contributed by atoms with van der Waals surface area (Å²) in [6.45, 7) is 0. The Balaban J connectivity index is 2.36. The number of hydrogen-bond acceptors (Lipinski definition) is 6. The van der Waals surface area contributed by atoms with E-state index in [0.717, 1.165) is 0 Å². The highest BCUT2D eigenvalue weighted by Gasteiger charge is 2.16. The number of carboxylic acids is 1. The second-order valence-corrected chi connectivity index (χ2v) is 5.48. The minimum atomic E-state index is -1.15. The van der Waals surface area contributed by atoms with Gasteiger partial charge < -0.3 is 9.84 Å². The zero-order valence-corrected chi connectivity index (χ0v) is 12.7. The number of benzene rings is 2. The van der Waals surface area contributed by atoms with E-state index in [1.165, 1.54) is 49.2 Å². The van der Waals surface area contributed by atoms with Crippen molar-refractivity contribution in [1.82, 2.24) is 0 Å². The molecule has 0 radical (unpaired) electrons. The summed E-state index contributed by atoms with van der Waals surface area (Å²) < 4.78 is 4.67. The number of methoxy groups -OCH3 is 1. The van der Waals surface area contributed by atoms with Crippen molar-refractivity contribution in [1.29, 1.82) is 0 Å². The van der Waals surface area contributed by atoms with Gasteiger partial charge in [-0.2, -0.15) is 0 Å². The molecule has 0 aliphatic carbocycles. The predicted octanol–water partition coefficient (Wildman–Crippen LogP) is 3.23. The van der Waals surface area contributed by atoms with Gasteiger partial charge in [-0.1, -0.05) is 11.8 Å². The molecule has 0 atom stereocenters. The Kier molecular flexibility index (Phi) is 4.97. The van der Waals surface area contributed by atoms with Gasteiger partial charge in [-0.3, -0.25) is 10.1 Å². The number of carbonyl (C=O) groups excluding carboxylic acids is 1. The zero-order chi connectivity index (χ0) is 17.0. The average Bonchev–Trinajstić information content (AvgIpc) is 2.54. The molecule has 7 nitrogen and oxygen atoms in total. The van der Waals surface area contributed by atoms with Crippen LogP contribution in [0.3, 0.4) is 0 Å². The number of nitrogens with zero attached hydrogens (tertiary/aromatic N) is 1. The molecule has 8 heteroatoms. The first-order valence-corrected chi connectivity index (χ1v) is 7.12. The van der Waals surface area contributed by atoms with E-state index in [4.69, 9.17) is 5.11 Å². The molecule has 0 aromatic heterocycles. The summed E-state index contributed by atoms with van der Waals surface area (Å²) in [5, 5.41) is 19.6. The maximum atomic E-state index is 11.8. The van der Waals surface area contributed by atoms with Crippen molar-refractivity contribution in [3.63, 3.8) is 0 Å². The first-order chi connectivity index (χ1) is 10.9. The van der Waals surface area contributed by atoms with Crippen LogP contribution in [0, 0.1) is 10.1 Å². The summed E-state index contributed by atoms with van der Waals surface area (Å²) in [4.78, 5) is 34.1. The lowest BCUT2D eigenvalue weighted by molar-refractivity contribution is -0.384. The largest absolute Gasteiger partial charge is 0.478 e. The van der Waals surface area contributed by atoms with E-state index in [1.807, 2.05) is 0 Å². The molecule has 23 heavy (non-hydrogen) atoms. The van der Waals surface area contributed by atoms with Crippen LogP contribution in [-0.4, -0.2) is 29.1 Å². The molecule has 0 saturated heterocycles. The van der Waals surface area contributed by atoms with Gasteiger partial charge in [0.2, 0.25) is 0 Å². The fourth-order valence-electron chi connectivity index (χ4n) is 1.78. The normalized spacial score (nSPS) is 10.1. The topological polar surface area (TPSA) is 107 Å². The summed E-state index contributed by atoms with van der Waals surface area (Å²) in [7, 11) is 1.20. The molecule has 0 fully saturated rings. The highest BCUT2D eigenvalue weighted by molar-refractivity contribution is 7.99. The van der Waals surface area contributed by atoms with Crippen LogP contribution in [0.4, 0.5) is 5.69 Å². The zero-order valence-electron chi connectivity index (χ0n) is 11.9. The third-order valence-corrected chi connectivity index (χ3v) is 3.99. The molecule has 0 saturated carbocycles. The van der Waals surface area contributed by atoms with Gasteiger partial charge >= 0.3 is 11.9 Å². The van der Waals surface area contributed by atoms with Crippen LogP contribution < -0.4 is 0 Å². The summed E-state index contributed by atoms with van der Waals surface area (Å²) in [6, 6.07) is 9.92. The quantitative estimate of drug-likeness (QED) is 0.508. The summed E-state index contributed by atoms with van der Waals surface area (Å²) in [5.74, 6) is -1.81. The molecule has 0 bridgehead atoms. The Morgan fingerprint density at radius 1 is 1.17 bits per heavy atom. The third-order valence-electron chi connectivity index (χ3n) is 2.91. The van der Waals surface area contributed by atoms with Crippen molar-refractivity contribution in [2.24, 2.45) is 0 Å². The molecule has 2 aromatic carbocycles. The first-order valence-electron chi connectivity index (χ1n) is 6.30. The van der Waals surface area contributed by atoms with Crippen LogP contribution >= 0.6 is 11.8 Å². The van der Waals surface area contributed by atoms with E-state index in [0.29, 0.717) is 9.79 Å². The molecule has 0 aliphatic heterocycles. The van der Waals surface area contributed by atoms with E-state index in [9.17, 15) is 19.7 Å². The molecule has 0 unspecified atom stereocenters. The summed E-state index contributed by atoms with van der Waals surface area (Å²) in [6.07, 6.45) is 0. The van der Waals surface area contributed by atoms with Crippen molar-refractivity contribution >= 4 is 29.4 Å². The Hall–Kier alpha value is -2.87. The van der Waals surface area contributed by atoms with Crippen LogP contribution in [-0.2, 0) is 4.74 Å². The van der Waals surface area contributed by atoms with E-state index in [1.54, 1.807) is 12.1 Å². The summed E-state index contributed by atoms with van der Waals surface area (Å²) in [5.41, 5.74) is 0.0537. The van der Waals surface area contributed by atoms with E-state index < -0.39 is 16.9 Å². The Morgan fingerprint density at radius 3 is 2.35 bits per heavy atom. The minimum absolute atomic E-state index is 0.0292.